The van der Waals surface area contributed by atoms with E-state index in [0.717, 1.165) is 22.2 Å². The summed E-state index contributed by atoms with van der Waals surface area (Å²) in [7, 11) is 0. The van der Waals surface area contributed by atoms with Crippen molar-refractivity contribution in [3.05, 3.63) is 53.8 Å². The Morgan fingerprint density at radius 3 is 2.88 bits per heavy atom. The SMILES string of the molecule is Clc1cccc(-c2nncc3cccnc23)c1. The van der Waals surface area contributed by atoms with Gasteiger partial charge in [-0.2, -0.15) is 5.10 Å². The van der Waals surface area contributed by atoms with E-state index in [9.17, 15) is 0 Å². The molecule has 2 aromatic heterocycles. The minimum atomic E-state index is 0.678. The predicted octanol–water partition coefficient (Wildman–Crippen LogP) is 3.35. The highest BCUT2D eigenvalue weighted by Crippen LogP contribution is 2.25. The molecule has 0 bridgehead atoms. The number of benzene rings is 1. The predicted molar refractivity (Wildman–Crippen MR) is 67.8 cm³/mol. The molecule has 3 nitrogen and oxygen atoms in total. The van der Waals surface area contributed by atoms with Gasteiger partial charge in [-0.25, -0.2) is 0 Å². The first-order chi connectivity index (χ1) is 8.34. The summed E-state index contributed by atoms with van der Waals surface area (Å²) >= 11 is 5.98. The van der Waals surface area contributed by atoms with Gasteiger partial charge in [-0.05, 0) is 24.3 Å². The third-order valence-corrected chi connectivity index (χ3v) is 2.75. The van der Waals surface area contributed by atoms with E-state index in [-0.39, 0.29) is 0 Å². The number of hydrogen-bond donors (Lipinski definition) is 0. The van der Waals surface area contributed by atoms with Crippen LogP contribution in [0.1, 0.15) is 0 Å². The van der Waals surface area contributed by atoms with Gasteiger partial charge in [0.1, 0.15) is 5.69 Å². The number of rotatable bonds is 1. The molecule has 0 N–H and O–H groups in total. The Labute approximate surface area is 103 Å². The summed E-state index contributed by atoms with van der Waals surface area (Å²) in [6, 6.07) is 11.4. The third-order valence-electron chi connectivity index (χ3n) is 2.52. The molecule has 17 heavy (non-hydrogen) atoms. The molecule has 4 heteroatoms. The zero-order valence-electron chi connectivity index (χ0n) is 8.84. The minimum absolute atomic E-state index is 0.678. The lowest BCUT2D eigenvalue weighted by Crippen LogP contribution is -1.91. The Kier molecular flexibility index (Phi) is 2.46. The lowest BCUT2D eigenvalue weighted by molar-refractivity contribution is 1.05. The fourth-order valence-electron chi connectivity index (χ4n) is 1.75. The molecule has 82 valence electrons. The zero-order valence-corrected chi connectivity index (χ0v) is 9.59. The zero-order chi connectivity index (χ0) is 11.7. The largest absolute Gasteiger partial charge is 0.254 e. The molecular weight excluding hydrogens is 234 g/mol. The molecule has 0 atom stereocenters. The van der Waals surface area contributed by atoms with Gasteiger partial charge in [0.15, 0.2) is 0 Å². The summed E-state index contributed by atoms with van der Waals surface area (Å²) in [5, 5.41) is 9.78. The molecule has 0 fully saturated rings. The smallest absolute Gasteiger partial charge is 0.119 e. The van der Waals surface area contributed by atoms with Crippen molar-refractivity contribution in [1.29, 1.82) is 0 Å². The van der Waals surface area contributed by atoms with Crippen molar-refractivity contribution in [2.24, 2.45) is 0 Å². The van der Waals surface area contributed by atoms with Crippen molar-refractivity contribution in [3.63, 3.8) is 0 Å². The monoisotopic (exact) mass is 241 g/mol. The van der Waals surface area contributed by atoms with E-state index in [4.69, 9.17) is 11.6 Å². The van der Waals surface area contributed by atoms with Crippen LogP contribution in [0.4, 0.5) is 0 Å². The Bertz CT molecular complexity index is 677. The van der Waals surface area contributed by atoms with Crippen LogP contribution in [0.25, 0.3) is 22.2 Å². The summed E-state index contributed by atoms with van der Waals surface area (Å²) in [5.41, 5.74) is 2.52. The topological polar surface area (TPSA) is 38.7 Å². The fourth-order valence-corrected chi connectivity index (χ4v) is 1.94. The van der Waals surface area contributed by atoms with Crippen LogP contribution in [-0.2, 0) is 0 Å². The number of halogens is 1. The number of fused-ring (bicyclic) bond motifs is 1. The van der Waals surface area contributed by atoms with E-state index < -0.39 is 0 Å². The Hall–Kier alpha value is -2.00. The molecule has 3 rings (SSSR count). The van der Waals surface area contributed by atoms with Crippen LogP contribution < -0.4 is 0 Å². The van der Waals surface area contributed by atoms with Crippen LogP contribution in [0, 0.1) is 0 Å². The molecule has 0 aliphatic heterocycles. The first-order valence-electron chi connectivity index (χ1n) is 5.17. The maximum absolute atomic E-state index is 5.98. The second kappa shape index (κ2) is 4.11. The molecule has 0 spiro atoms. The van der Waals surface area contributed by atoms with Crippen LogP contribution in [0.2, 0.25) is 5.02 Å². The molecule has 1 aromatic carbocycles. The van der Waals surface area contributed by atoms with E-state index in [1.807, 2.05) is 36.4 Å². The molecule has 0 unspecified atom stereocenters. The Morgan fingerprint density at radius 1 is 1.06 bits per heavy atom. The van der Waals surface area contributed by atoms with E-state index in [1.165, 1.54) is 0 Å². The molecule has 0 aliphatic rings. The first kappa shape index (κ1) is 10.2. The quantitative estimate of drug-likeness (QED) is 0.656. The van der Waals surface area contributed by atoms with Gasteiger partial charge < -0.3 is 0 Å². The van der Waals surface area contributed by atoms with Gasteiger partial charge in [-0.3, -0.25) is 4.98 Å². The van der Waals surface area contributed by atoms with Crippen LogP contribution in [0.3, 0.4) is 0 Å². The van der Waals surface area contributed by atoms with Gasteiger partial charge in [0.2, 0.25) is 0 Å². The van der Waals surface area contributed by atoms with Crippen LogP contribution in [-0.4, -0.2) is 15.2 Å². The van der Waals surface area contributed by atoms with Crippen LogP contribution in [0.15, 0.2) is 48.8 Å². The summed E-state index contributed by atoms with van der Waals surface area (Å²) in [6.07, 6.45) is 3.45. The summed E-state index contributed by atoms with van der Waals surface area (Å²) in [5.74, 6) is 0. The van der Waals surface area contributed by atoms with Crippen molar-refractivity contribution in [3.8, 4) is 11.3 Å². The molecule has 0 radical (unpaired) electrons. The molecular formula is C13H8ClN3. The van der Waals surface area contributed by atoms with Gasteiger partial charge >= 0.3 is 0 Å². The Balaban J connectivity index is 2.30. The average molecular weight is 242 g/mol. The summed E-state index contributed by atoms with van der Waals surface area (Å²) in [4.78, 5) is 4.34. The van der Waals surface area contributed by atoms with E-state index in [2.05, 4.69) is 15.2 Å². The highest BCUT2D eigenvalue weighted by molar-refractivity contribution is 6.30. The second-order valence-corrected chi connectivity index (χ2v) is 4.08. The van der Waals surface area contributed by atoms with Crippen molar-refractivity contribution < 1.29 is 0 Å². The number of aromatic nitrogens is 3. The molecule has 0 amide bonds. The van der Waals surface area contributed by atoms with E-state index in [1.54, 1.807) is 12.4 Å². The maximum atomic E-state index is 5.98. The van der Waals surface area contributed by atoms with Crippen molar-refractivity contribution in [2.75, 3.05) is 0 Å². The highest BCUT2D eigenvalue weighted by atomic mass is 35.5. The van der Waals surface area contributed by atoms with Gasteiger partial charge in [0.25, 0.3) is 0 Å². The Morgan fingerprint density at radius 2 is 2.00 bits per heavy atom. The molecule has 0 saturated heterocycles. The minimum Gasteiger partial charge on any atom is -0.254 e. The lowest BCUT2D eigenvalue weighted by atomic mass is 10.1. The standard InChI is InChI=1S/C13H8ClN3/c14-11-5-1-3-9(7-11)13-12-10(8-16-17-13)4-2-6-15-12/h1-8H. The lowest BCUT2D eigenvalue weighted by Gasteiger charge is -2.03. The van der Waals surface area contributed by atoms with Gasteiger partial charge in [-0.15, -0.1) is 5.10 Å². The van der Waals surface area contributed by atoms with Crippen molar-refractivity contribution in [1.82, 2.24) is 15.2 Å². The van der Waals surface area contributed by atoms with Crippen LogP contribution in [0.5, 0.6) is 0 Å². The number of nitrogens with zero attached hydrogens (tertiary/aromatic N) is 3. The summed E-state index contributed by atoms with van der Waals surface area (Å²) in [6.45, 7) is 0. The molecule has 0 saturated carbocycles. The fraction of sp³-hybridized carbons (Fsp3) is 0. The van der Waals surface area contributed by atoms with Crippen LogP contribution >= 0.6 is 11.6 Å². The van der Waals surface area contributed by atoms with Gasteiger partial charge in [0, 0.05) is 22.2 Å². The number of pyridine rings is 1. The first-order valence-corrected chi connectivity index (χ1v) is 5.55. The van der Waals surface area contributed by atoms with E-state index >= 15 is 0 Å². The van der Waals surface area contributed by atoms with Gasteiger partial charge in [0.05, 0.1) is 11.7 Å². The maximum Gasteiger partial charge on any atom is 0.119 e. The summed E-state index contributed by atoms with van der Waals surface area (Å²) < 4.78 is 0. The second-order valence-electron chi connectivity index (χ2n) is 3.64. The molecule has 3 aromatic rings. The van der Waals surface area contributed by atoms with Gasteiger partial charge in [-0.1, -0.05) is 23.7 Å². The molecule has 2 heterocycles. The van der Waals surface area contributed by atoms with Crippen molar-refractivity contribution >= 4 is 22.5 Å². The average Bonchev–Trinajstić information content (AvgIpc) is 2.38. The third kappa shape index (κ3) is 1.85. The van der Waals surface area contributed by atoms with Crippen molar-refractivity contribution in [2.45, 2.75) is 0 Å². The highest BCUT2D eigenvalue weighted by Gasteiger charge is 2.07. The molecule has 0 aliphatic carbocycles. The number of hydrogen-bond acceptors (Lipinski definition) is 3. The van der Waals surface area contributed by atoms with E-state index in [0.29, 0.717) is 5.02 Å². The normalized spacial score (nSPS) is 10.6.